The highest BCUT2D eigenvalue weighted by Gasteiger charge is 2.15. The van der Waals surface area contributed by atoms with E-state index in [-0.39, 0.29) is 11.4 Å². The second kappa shape index (κ2) is 6.81. The highest BCUT2D eigenvalue weighted by atomic mass is 16.6. The van der Waals surface area contributed by atoms with Gasteiger partial charge in [0.05, 0.1) is 16.6 Å². The number of carbonyl (C=O) groups excluding carboxylic acids is 1. The number of hydrogen-bond donors (Lipinski definition) is 0. The van der Waals surface area contributed by atoms with Gasteiger partial charge in [0.15, 0.2) is 0 Å². The third kappa shape index (κ3) is 3.77. The molecule has 6 nitrogen and oxygen atoms in total. The zero-order valence-electron chi connectivity index (χ0n) is 11.3. The number of nitriles is 1. The van der Waals surface area contributed by atoms with Gasteiger partial charge < -0.3 is 4.74 Å². The van der Waals surface area contributed by atoms with Crippen molar-refractivity contribution in [1.29, 1.82) is 5.26 Å². The summed E-state index contributed by atoms with van der Waals surface area (Å²) in [5, 5.41) is 19.5. The van der Waals surface area contributed by atoms with Crippen molar-refractivity contribution < 1.29 is 14.5 Å². The Balaban J connectivity index is 2.08. The van der Waals surface area contributed by atoms with Crippen LogP contribution in [0.15, 0.2) is 54.6 Å². The van der Waals surface area contributed by atoms with Crippen molar-refractivity contribution in [2.24, 2.45) is 0 Å². The highest BCUT2D eigenvalue weighted by molar-refractivity contribution is 5.89. The Kier molecular flexibility index (Phi) is 4.63. The quantitative estimate of drug-likeness (QED) is 0.284. The van der Waals surface area contributed by atoms with Gasteiger partial charge in [0.2, 0.25) is 5.75 Å². The molecule has 0 aliphatic heterocycles. The van der Waals surface area contributed by atoms with Gasteiger partial charge in [-0.25, -0.2) is 4.79 Å². The Morgan fingerprint density at radius 2 is 1.86 bits per heavy atom. The van der Waals surface area contributed by atoms with Crippen LogP contribution in [0.5, 0.6) is 5.75 Å². The highest BCUT2D eigenvalue weighted by Crippen LogP contribution is 2.25. The molecule has 2 aromatic rings. The fourth-order valence-corrected chi connectivity index (χ4v) is 1.67. The molecule has 0 amide bonds. The summed E-state index contributed by atoms with van der Waals surface area (Å²) in [6.07, 6.45) is 2.66. The van der Waals surface area contributed by atoms with Gasteiger partial charge in [-0.2, -0.15) is 5.26 Å². The van der Waals surface area contributed by atoms with Crippen molar-refractivity contribution in [3.63, 3.8) is 0 Å². The molecule has 0 unspecified atom stereocenters. The summed E-state index contributed by atoms with van der Waals surface area (Å²) in [5.74, 6) is -0.833. The number of ether oxygens (including phenoxy) is 1. The fourth-order valence-electron chi connectivity index (χ4n) is 1.67. The second-order valence-corrected chi connectivity index (χ2v) is 4.21. The average Bonchev–Trinajstić information content (AvgIpc) is 2.53. The lowest BCUT2D eigenvalue weighted by Gasteiger charge is -2.01. The normalized spacial score (nSPS) is 10.1. The van der Waals surface area contributed by atoms with Gasteiger partial charge >= 0.3 is 11.7 Å². The minimum absolute atomic E-state index is 0.109. The van der Waals surface area contributed by atoms with Crippen LogP contribution in [0.2, 0.25) is 0 Å². The lowest BCUT2D eigenvalue weighted by Crippen LogP contribution is -2.05. The van der Waals surface area contributed by atoms with Crippen LogP contribution < -0.4 is 4.74 Å². The van der Waals surface area contributed by atoms with Crippen molar-refractivity contribution in [1.82, 2.24) is 0 Å². The van der Waals surface area contributed by atoms with Gasteiger partial charge in [0.1, 0.15) is 0 Å². The van der Waals surface area contributed by atoms with E-state index >= 15 is 0 Å². The van der Waals surface area contributed by atoms with E-state index in [4.69, 9.17) is 10.00 Å². The Labute approximate surface area is 126 Å². The van der Waals surface area contributed by atoms with Gasteiger partial charge in [0, 0.05) is 12.1 Å². The van der Waals surface area contributed by atoms with E-state index in [1.165, 1.54) is 24.3 Å². The first-order chi connectivity index (χ1) is 10.6. The molecule has 0 aliphatic carbocycles. The van der Waals surface area contributed by atoms with E-state index in [0.717, 1.165) is 6.08 Å². The molecule has 2 rings (SSSR count). The molecule has 0 heterocycles. The SMILES string of the molecule is N#Cc1ccc(/C=C/C(=O)Oc2ccccc2[N+](=O)[O-])cc1. The van der Waals surface area contributed by atoms with E-state index in [2.05, 4.69) is 0 Å². The summed E-state index contributed by atoms with van der Waals surface area (Å²) in [6, 6.07) is 14.2. The average molecular weight is 294 g/mol. The van der Waals surface area contributed by atoms with Crippen LogP contribution in [0.25, 0.3) is 6.08 Å². The number of hydrogen-bond acceptors (Lipinski definition) is 5. The monoisotopic (exact) mass is 294 g/mol. The van der Waals surface area contributed by atoms with Crippen LogP contribution in [0, 0.1) is 21.4 Å². The number of carbonyl (C=O) groups is 1. The molecule has 108 valence electrons. The van der Waals surface area contributed by atoms with Gasteiger partial charge in [0.25, 0.3) is 0 Å². The van der Waals surface area contributed by atoms with E-state index in [1.807, 2.05) is 6.07 Å². The smallest absolute Gasteiger partial charge is 0.336 e. The number of benzene rings is 2. The van der Waals surface area contributed by atoms with E-state index in [0.29, 0.717) is 11.1 Å². The van der Waals surface area contributed by atoms with Crippen LogP contribution in [0.4, 0.5) is 5.69 Å². The third-order valence-electron chi connectivity index (χ3n) is 2.72. The van der Waals surface area contributed by atoms with Gasteiger partial charge in [-0.05, 0) is 29.8 Å². The summed E-state index contributed by atoms with van der Waals surface area (Å²) in [4.78, 5) is 21.9. The molecular weight excluding hydrogens is 284 g/mol. The number of para-hydroxylation sites is 2. The zero-order valence-corrected chi connectivity index (χ0v) is 11.3. The number of esters is 1. The Morgan fingerprint density at radius 1 is 1.18 bits per heavy atom. The largest absolute Gasteiger partial charge is 0.416 e. The van der Waals surface area contributed by atoms with Crippen molar-refractivity contribution in [2.45, 2.75) is 0 Å². The molecule has 22 heavy (non-hydrogen) atoms. The first-order valence-electron chi connectivity index (χ1n) is 6.23. The van der Waals surface area contributed by atoms with E-state index < -0.39 is 10.9 Å². The number of nitrogens with zero attached hydrogens (tertiary/aromatic N) is 2. The van der Waals surface area contributed by atoms with Gasteiger partial charge in [-0.1, -0.05) is 24.3 Å². The summed E-state index contributed by atoms with van der Waals surface area (Å²) in [6.45, 7) is 0. The van der Waals surface area contributed by atoms with Crippen LogP contribution in [0.3, 0.4) is 0 Å². The standard InChI is InChI=1S/C16H10N2O4/c17-11-13-7-5-12(6-8-13)9-10-16(19)22-15-4-2-1-3-14(15)18(20)21/h1-10H/b10-9+. The molecule has 0 atom stereocenters. The minimum Gasteiger partial charge on any atom is -0.416 e. The molecule has 0 saturated heterocycles. The first kappa shape index (κ1) is 14.9. The zero-order chi connectivity index (χ0) is 15.9. The maximum atomic E-state index is 11.7. The molecule has 0 saturated carbocycles. The molecule has 0 radical (unpaired) electrons. The molecule has 0 spiro atoms. The lowest BCUT2D eigenvalue weighted by molar-refractivity contribution is -0.385. The van der Waals surface area contributed by atoms with Gasteiger partial charge in [-0.3, -0.25) is 10.1 Å². The summed E-state index contributed by atoms with van der Waals surface area (Å²) in [7, 11) is 0. The predicted molar refractivity (Wildman–Crippen MR) is 78.9 cm³/mol. The molecular formula is C16H10N2O4. The van der Waals surface area contributed by atoms with Crippen molar-refractivity contribution in [2.75, 3.05) is 0 Å². The molecule has 0 bridgehead atoms. The Bertz CT molecular complexity index is 773. The minimum atomic E-state index is -0.723. The first-order valence-corrected chi connectivity index (χ1v) is 6.23. The molecule has 6 heteroatoms. The molecule has 0 fully saturated rings. The molecule has 0 aliphatic rings. The van der Waals surface area contributed by atoms with Crippen LogP contribution in [-0.4, -0.2) is 10.9 Å². The van der Waals surface area contributed by atoms with Crippen molar-refractivity contribution >= 4 is 17.7 Å². The maximum Gasteiger partial charge on any atom is 0.336 e. The van der Waals surface area contributed by atoms with E-state index in [9.17, 15) is 14.9 Å². The molecule has 2 aromatic carbocycles. The third-order valence-corrected chi connectivity index (χ3v) is 2.72. The lowest BCUT2D eigenvalue weighted by atomic mass is 10.1. The molecule has 0 aromatic heterocycles. The van der Waals surface area contributed by atoms with Crippen molar-refractivity contribution in [3.8, 4) is 11.8 Å². The summed E-state index contributed by atoms with van der Waals surface area (Å²) in [5.41, 5.74) is 0.945. The predicted octanol–water partition coefficient (Wildman–Crippen LogP) is 3.09. The van der Waals surface area contributed by atoms with Crippen LogP contribution in [0.1, 0.15) is 11.1 Å². The summed E-state index contributed by atoms with van der Waals surface area (Å²) < 4.78 is 4.95. The number of nitro groups is 1. The molecule has 0 N–H and O–H groups in total. The second-order valence-electron chi connectivity index (χ2n) is 4.21. The van der Waals surface area contributed by atoms with Gasteiger partial charge in [-0.15, -0.1) is 0 Å². The summed E-state index contributed by atoms with van der Waals surface area (Å²) >= 11 is 0. The number of nitro benzene ring substituents is 1. The Hall–Kier alpha value is -3.46. The fraction of sp³-hybridized carbons (Fsp3) is 0. The van der Waals surface area contributed by atoms with E-state index in [1.54, 1.807) is 30.3 Å². The Morgan fingerprint density at radius 3 is 2.50 bits per heavy atom. The topological polar surface area (TPSA) is 93.2 Å². The van der Waals surface area contributed by atoms with Crippen LogP contribution in [-0.2, 0) is 4.79 Å². The van der Waals surface area contributed by atoms with Crippen molar-refractivity contribution in [3.05, 3.63) is 75.8 Å². The maximum absolute atomic E-state index is 11.7. The van der Waals surface area contributed by atoms with Crippen LogP contribution >= 0.6 is 0 Å². The number of rotatable bonds is 4.